The van der Waals surface area contributed by atoms with Crippen LogP contribution < -0.4 is 10.6 Å². The topological polar surface area (TPSA) is 24.1 Å². The second kappa shape index (κ2) is 8.25. The van der Waals surface area contributed by atoms with Gasteiger partial charge in [0.25, 0.3) is 0 Å². The molecule has 0 bridgehead atoms. The summed E-state index contributed by atoms with van der Waals surface area (Å²) in [5.74, 6) is 1.17. The maximum Gasteiger partial charge on any atom is 0.166 e. The van der Waals surface area contributed by atoms with Crippen molar-refractivity contribution in [2.75, 3.05) is 6.54 Å². The Morgan fingerprint density at radius 1 is 1.05 bits per heavy atom. The molecule has 0 saturated carbocycles. The van der Waals surface area contributed by atoms with E-state index in [9.17, 15) is 0 Å². The minimum Gasteiger partial charge on any atom is -0.362 e. The molecule has 1 unspecified atom stereocenters. The quantitative estimate of drug-likeness (QED) is 0.761. The molecule has 0 amide bonds. The summed E-state index contributed by atoms with van der Waals surface area (Å²) >= 11 is 5.36. The monoisotopic (exact) mass is 292 g/mol. The molecule has 0 aliphatic heterocycles. The van der Waals surface area contributed by atoms with Gasteiger partial charge in [0.1, 0.15) is 0 Å². The van der Waals surface area contributed by atoms with Crippen molar-refractivity contribution in [2.45, 2.75) is 53.0 Å². The second-order valence-corrected chi connectivity index (χ2v) is 6.44. The van der Waals surface area contributed by atoms with Crippen LogP contribution >= 0.6 is 12.2 Å². The Kier molecular flexibility index (Phi) is 7.00. The smallest absolute Gasteiger partial charge is 0.166 e. The van der Waals surface area contributed by atoms with Crippen molar-refractivity contribution >= 4 is 17.3 Å². The fourth-order valence-corrected chi connectivity index (χ4v) is 2.27. The Balaban J connectivity index is 2.63. The van der Waals surface area contributed by atoms with Crippen molar-refractivity contribution in [3.05, 3.63) is 35.4 Å². The molecule has 2 N–H and O–H groups in total. The number of hydrogen-bond acceptors (Lipinski definition) is 1. The molecule has 0 aliphatic carbocycles. The number of nitrogens with one attached hydrogen (secondary N) is 2. The predicted molar refractivity (Wildman–Crippen MR) is 92.1 cm³/mol. The molecule has 0 heterocycles. The van der Waals surface area contributed by atoms with Gasteiger partial charge in [-0.3, -0.25) is 0 Å². The first-order valence-electron chi connectivity index (χ1n) is 7.58. The van der Waals surface area contributed by atoms with E-state index < -0.39 is 0 Å². The largest absolute Gasteiger partial charge is 0.362 e. The first kappa shape index (κ1) is 17.0. The molecule has 2 nitrogen and oxygen atoms in total. The highest BCUT2D eigenvalue weighted by Gasteiger charge is 2.11. The minimum absolute atomic E-state index is 0.281. The van der Waals surface area contributed by atoms with Gasteiger partial charge in [-0.1, -0.05) is 58.9 Å². The molecule has 0 spiro atoms. The van der Waals surface area contributed by atoms with Crippen molar-refractivity contribution in [2.24, 2.45) is 5.92 Å². The molecule has 1 aromatic carbocycles. The van der Waals surface area contributed by atoms with Gasteiger partial charge >= 0.3 is 0 Å². The van der Waals surface area contributed by atoms with Crippen LogP contribution in [0.4, 0.5) is 0 Å². The van der Waals surface area contributed by atoms with Crippen molar-refractivity contribution in [1.82, 2.24) is 10.6 Å². The Labute approximate surface area is 129 Å². The third-order valence-corrected chi connectivity index (χ3v) is 3.65. The highest BCUT2D eigenvalue weighted by atomic mass is 32.1. The van der Waals surface area contributed by atoms with Gasteiger partial charge in [-0.2, -0.15) is 0 Å². The summed E-state index contributed by atoms with van der Waals surface area (Å²) in [6, 6.07) is 9.14. The van der Waals surface area contributed by atoms with E-state index in [1.807, 2.05) is 0 Å². The third-order valence-electron chi connectivity index (χ3n) is 3.39. The summed E-state index contributed by atoms with van der Waals surface area (Å²) in [5.41, 5.74) is 2.68. The highest BCUT2D eigenvalue weighted by Crippen LogP contribution is 2.20. The van der Waals surface area contributed by atoms with Crippen LogP contribution in [0.5, 0.6) is 0 Å². The fraction of sp³-hybridized carbons (Fsp3) is 0.588. The van der Waals surface area contributed by atoms with Gasteiger partial charge in [0, 0.05) is 6.54 Å². The summed E-state index contributed by atoms with van der Waals surface area (Å²) in [5, 5.41) is 7.42. The van der Waals surface area contributed by atoms with Gasteiger partial charge in [0.05, 0.1) is 6.04 Å². The number of hydrogen-bond donors (Lipinski definition) is 2. The number of thiocarbonyl (C=S) groups is 1. The van der Waals surface area contributed by atoms with Crippen LogP contribution in [0.3, 0.4) is 0 Å². The minimum atomic E-state index is 0.281. The van der Waals surface area contributed by atoms with E-state index in [2.05, 4.69) is 69.5 Å². The van der Waals surface area contributed by atoms with Crippen molar-refractivity contribution < 1.29 is 0 Å². The molecule has 3 heteroatoms. The number of rotatable bonds is 6. The lowest BCUT2D eigenvalue weighted by Gasteiger charge is -2.21. The van der Waals surface area contributed by atoms with Crippen molar-refractivity contribution in [3.8, 4) is 0 Å². The zero-order valence-electron chi connectivity index (χ0n) is 13.4. The maximum atomic E-state index is 5.36. The zero-order valence-corrected chi connectivity index (χ0v) is 14.2. The second-order valence-electron chi connectivity index (χ2n) is 6.03. The SMILES string of the molecule is CCC(NC(=S)NCC(C)C)c1ccc(C(C)C)cc1. The van der Waals surface area contributed by atoms with E-state index in [1.54, 1.807) is 0 Å². The Bertz CT molecular complexity index is 410. The van der Waals surface area contributed by atoms with Crippen molar-refractivity contribution in [3.63, 3.8) is 0 Å². The van der Waals surface area contributed by atoms with Gasteiger partial charge in [0.2, 0.25) is 0 Å². The predicted octanol–water partition coefficient (Wildman–Crippen LogP) is 4.38. The van der Waals surface area contributed by atoms with E-state index in [1.165, 1.54) is 11.1 Å². The average molecular weight is 292 g/mol. The molecule has 0 fully saturated rings. The zero-order chi connectivity index (χ0) is 15.1. The standard InChI is InChI=1S/C17H28N2S/c1-6-16(19-17(20)18-11-12(2)3)15-9-7-14(8-10-15)13(4)5/h7-10,12-13,16H,6,11H2,1-5H3,(H2,18,19,20). The van der Waals surface area contributed by atoms with Crippen LogP contribution in [-0.4, -0.2) is 11.7 Å². The van der Waals surface area contributed by atoms with Crippen LogP contribution in [0.2, 0.25) is 0 Å². The lowest BCUT2D eigenvalue weighted by molar-refractivity contribution is 0.587. The van der Waals surface area contributed by atoms with Gasteiger partial charge in [-0.25, -0.2) is 0 Å². The molecule has 0 saturated heterocycles. The van der Waals surface area contributed by atoms with E-state index in [-0.39, 0.29) is 6.04 Å². The molecule has 20 heavy (non-hydrogen) atoms. The van der Waals surface area contributed by atoms with E-state index in [0.717, 1.165) is 18.1 Å². The van der Waals surface area contributed by atoms with Gasteiger partial charge < -0.3 is 10.6 Å². The van der Waals surface area contributed by atoms with Crippen LogP contribution in [0.1, 0.15) is 64.1 Å². The molecule has 0 radical (unpaired) electrons. The Morgan fingerprint density at radius 2 is 1.60 bits per heavy atom. The van der Waals surface area contributed by atoms with Crippen LogP contribution in [0.25, 0.3) is 0 Å². The van der Waals surface area contributed by atoms with E-state index in [0.29, 0.717) is 11.8 Å². The molecule has 0 aromatic heterocycles. The Morgan fingerprint density at radius 3 is 2.05 bits per heavy atom. The summed E-state index contributed by atoms with van der Waals surface area (Å²) in [4.78, 5) is 0. The van der Waals surface area contributed by atoms with Crippen LogP contribution in [-0.2, 0) is 0 Å². The Hall–Kier alpha value is -1.09. The molecule has 1 aromatic rings. The van der Waals surface area contributed by atoms with Gasteiger partial charge in [-0.15, -0.1) is 0 Å². The first-order valence-corrected chi connectivity index (χ1v) is 7.99. The highest BCUT2D eigenvalue weighted by molar-refractivity contribution is 7.80. The number of benzene rings is 1. The van der Waals surface area contributed by atoms with Crippen molar-refractivity contribution in [1.29, 1.82) is 0 Å². The normalized spacial score (nSPS) is 12.6. The molecule has 1 rings (SSSR count). The van der Waals surface area contributed by atoms with E-state index >= 15 is 0 Å². The van der Waals surface area contributed by atoms with Gasteiger partial charge in [-0.05, 0) is 41.6 Å². The summed E-state index contributed by atoms with van der Waals surface area (Å²) < 4.78 is 0. The lowest BCUT2D eigenvalue weighted by Crippen LogP contribution is -2.39. The first-order chi connectivity index (χ1) is 9.43. The summed E-state index contributed by atoms with van der Waals surface area (Å²) in [6.45, 7) is 11.9. The van der Waals surface area contributed by atoms with Gasteiger partial charge in [0.15, 0.2) is 5.11 Å². The van der Waals surface area contributed by atoms with Crippen LogP contribution in [0.15, 0.2) is 24.3 Å². The molecule has 112 valence electrons. The van der Waals surface area contributed by atoms with Crippen LogP contribution in [0, 0.1) is 5.92 Å². The summed E-state index contributed by atoms with van der Waals surface area (Å²) in [7, 11) is 0. The molecular formula is C17H28N2S. The molecule has 0 aliphatic rings. The molecule has 1 atom stereocenters. The third kappa shape index (κ3) is 5.49. The molecular weight excluding hydrogens is 264 g/mol. The maximum absolute atomic E-state index is 5.36. The average Bonchev–Trinajstić information content (AvgIpc) is 2.42. The fourth-order valence-electron chi connectivity index (χ4n) is 2.04. The van der Waals surface area contributed by atoms with E-state index in [4.69, 9.17) is 12.2 Å². The lowest BCUT2D eigenvalue weighted by atomic mass is 9.98. The summed E-state index contributed by atoms with van der Waals surface area (Å²) in [6.07, 6.45) is 1.02.